The third kappa shape index (κ3) is 3.45. The summed E-state index contributed by atoms with van der Waals surface area (Å²) in [6, 6.07) is 13.3. The van der Waals surface area contributed by atoms with E-state index in [0.29, 0.717) is 5.56 Å². The zero-order chi connectivity index (χ0) is 16.3. The molecule has 0 aromatic heterocycles. The van der Waals surface area contributed by atoms with Gasteiger partial charge in [-0.3, -0.25) is 9.59 Å². The van der Waals surface area contributed by atoms with Crippen LogP contribution in [0.4, 0.5) is 0 Å². The molecule has 2 rings (SSSR count). The summed E-state index contributed by atoms with van der Waals surface area (Å²) in [6.07, 6.45) is -0.107. The zero-order valence-electron chi connectivity index (χ0n) is 13.1. The summed E-state index contributed by atoms with van der Waals surface area (Å²) < 4.78 is 0. The lowest BCUT2D eigenvalue weighted by atomic mass is 9.85. The van der Waals surface area contributed by atoms with E-state index in [-0.39, 0.29) is 18.2 Å². The molecule has 0 aliphatic carbocycles. The lowest BCUT2D eigenvalue weighted by Gasteiger charge is -2.33. The van der Waals surface area contributed by atoms with E-state index in [0.717, 1.165) is 10.8 Å². The molecule has 0 saturated heterocycles. The number of nitrogens with one attached hydrogen (secondary N) is 1. The minimum Gasteiger partial charge on any atom is -0.481 e. The van der Waals surface area contributed by atoms with Gasteiger partial charge < -0.3 is 10.4 Å². The van der Waals surface area contributed by atoms with E-state index >= 15 is 0 Å². The van der Waals surface area contributed by atoms with Gasteiger partial charge in [0.25, 0.3) is 5.91 Å². The summed E-state index contributed by atoms with van der Waals surface area (Å²) in [5.74, 6) is -1.16. The van der Waals surface area contributed by atoms with Crippen LogP contribution in [0.1, 0.15) is 37.6 Å². The van der Waals surface area contributed by atoms with E-state index in [4.69, 9.17) is 5.11 Å². The molecular weight excluding hydrogens is 278 g/mol. The molecule has 2 aromatic carbocycles. The largest absolute Gasteiger partial charge is 0.481 e. The van der Waals surface area contributed by atoms with Crippen LogP contribution in [0.5, 0.6) is 0 Å². The maximum absolute atomic E-state index is 12.5. The molecule has 4 heteroatoms. The Bertz CT molecular complexity index is 708. The maximum atomic E-state index is 12.5. The molecule has 116 valence electrons. The van der Waals surface area contributed by atoms with Crippen LogP contribution in [0.2, 0.25) is 0 Å². The minimum absolute atomic E-state index is 0.00741. The van der Waals surface area contributed by atoms with Crippen molar-refractivity contribution in [2.45, 2.75) is 32.7 Å². The van der Waals surface area contributed by atoms with E-state index in [9.17, 15) is 9.59 Å². The van der Waals surface area contributed by atoms with Gasteiger partial charge in [0.15, 0.2) is 0 Å². The predicted octanol–water partition coefficient (Wildman–Crippen LogP) is 3.46. The Hall–Kier alpha value is -2.36. The fourth-order valence-corrected chi connectivity index (χ4v) is 2.37. The van der Waals surface area contributed by atoms with Gasteiger partial charge in [-0.25, -0.2) is 0 Å². The predicted molar refractivity (Wildman–Crippen MR) is 86.9 cm³/mol. The molecule has 0 heterocycles. The molecule has 2 aromatic rings. The SMILES string of the molecule is CC(C)C(C)(CC(=O)O)NC(=O)c1ccc2ccccc2c1. The number of carbonyl (C=O) groups is 2. The lowest BCUT2D eigenvalue weighted by molar-refractivity contribution is -0.138. The molecule has 0 bridgehead atoms. The molecule has 1 unspecified atom stereocenters. The molecule has 0 spiro atoms. The van der Waals surface area contributed by atoms with Gasteiger partial charge in [0.2, 0.25) is 0 Å². The third-order valence-corrected chi connectivity index (χ3v) is 4.20. The quantitative estimate of drug-likeness (QED) is 0.888. The Morgan fingerprint density at radius 3 is 2.36 bits per heavy atom. The fourth-order valence-electron chi connectivity index (χ4n) is 2.37. The van der Waals surface area contributed by atoms with Gasteiger partial charge in [-0.2, -0.15) is 0 Å². The third-order valence-electron chi connectivity index (χ3n) is 4.20. The first-order valence-electron chi connectivity index (χ1n) is 7.35. The van der Waals surface area contributed by atoms with Crippen molar-refractivity contribution in [3.8, 4) is 0 Å². The first-order chi connectivity index (χ1) is 10.3. The smallest absolute Gasteiger partial charge is 0.305 e. The van der Waals surface area contributed by atoms with Crippen molar-refractivity contribution >= 4 is 22.6 Å². The number of aliphatic carboxylic acids is 1. The highest BCUT2D eigenvalue weighted by Crippen LogP contribution is 2.22. The average molecular weight is 299 g/mol. The van der Waals surface area contributed by atoms with E-state index < -0.39 is 11.5 Å². The van der Waals surface area contributed by atoms with Gasteiger partial charge in [0.05, 0.1) is 12.0 Å². The monoisotopic (exact) mass is 299 g/mol. The van der Waals surface area contributed by atoms with Crippen LogP contribution in [0.3, 0.4) is 0 Å². The highest BCUT2D eigenvalue weighted by molar-refractivity contribution is 5.99. The lowest BCUT2D eigenvalue weighted by Crippen LogP contribution is -2.51. The van der Waals surface area contributed by atoms with Crippen LogP contribution in [-0.2, 0) is 4.79 Å². The molecule has 0 fully saturated rings. The number of fused-ring (bicyclic) bond motifs is 1. The van der Waals surface area contributed by atoms with Gasteiger partial charge >= 0.3 is 5.97 Å². The van der Waals surface area contributed by atoms with Crippen molar-refractivity contribution in [2.24, 2.45) is 5.92 Å². The van der Waals surface area contributed by atoms with Gasteiger partial charge in [0.1, 0.15) is 0 Å². The highest BCUT2D eigenvalue weighted by atomic mass is 16.4. The Morgan fingerprint density at radius 1 is 1.14 bits per heavy atom. The summed E-state index contributed by atoms with van der Waals surface area (Å²) in [5.41, 5.74) is -0.245. The Labute approximate surface area is 130 Å². The summed E-state index contributed by atoms with van der Waals surface area (Å²) in [7, 11) is 0. The topological polar surface area (TPSA) is 66.4 Å². The van der Waals surface area contributed by atoms with Crippen molar-refractivity contribution in [3.63, 3.8) is 0 Å². The van der Waals surface area contributed by atoms with Crippen molar-refractivity contribution in [1.82, 2.24) is 5.32 Å². The standard InChI is InChI=1S/C18H21NO3/c1-12(2)18(3,11-16(20)21)19-17(22)15-9-8-13-6-4-5-7-14(13)10-15/h4-10,12H,11H2,1-3H3,(H,19,22)(H,20,21). The Morgan fingerprint density at radius 2 is 1.77 bits per heavy atom. The van der Waals surface area contributed by atoms with Crippen LogP contribution >= 0.6 is 0 Å². The number of carboxylic acid groups (broad SMARTS) is 1. The van der Waals surface area contributed by atoms with E-state index in [1.54, 1.807) is 13.0 Å². The highest BCUT2D eigenvalue weighted by Gasteiger charge is 2.33. The number of carbonyl (C=O) groups excluding carboxylic acids is 1. The van der Waals surface area contributed by atoms with Crippen molar-refractivity contribution < 1.29 is 14.7 Å². The van der Waals surface area contributed by atoms with Gasteiger partial charge in [-0.1, -0.05) is 44.2 Å². The van der Waals surface area contributed by atoms with Crippen LogP contribution in [0.15, 0.2) is 42.5 Å². The number of hydrogen-bond donors (Lipinski definition) is 2. The normalized spacial score (nSPS) is 13.8. The number of hydrogen-bond acceptors (Lipinski definition) is 2. The van der Waals surface area contributed by atoms with Crippen LogP contribution in [0, 0.1) is 5.92 Å². The summed E-state index contributed by atoms with van der Waals surface area (Å²) in [5, 5.41) is 14.0. The first-order valence-corrected chi connectivity index (χ1v) is 7.35. The van der Waals surface area contributed by atoms with Crippen LogP contribution in [-0.4, -0.2) is 22.5 Å². The summed E-state index contributed by atoms with van der Waals surface area (Å²) in [4.78, 5) is 23.5. The molecule has 2 N–H and O–H groups in total. The second-order valence-corrected chi connectivity index (χ2v) is 6.16. The van der Waals surface area contributed by atoms with Crippen molar-refractivity contribution in [1.29, 1.82) is 0 Å². The molecule has 1 amide bonds. The van der Waals surface area contributed by atoms with Crippen LogP contribution in [0.25, 0.3) is 10.8 Å². The van der Waals surface area contributed by atoms with Crippen molar-refractivity contribution in [2.75, 3.05) is 0 Å². The first kappa shape index (κ1) is 16.0. The number of rotatable bonds is 5. The van der Waals surface area contributed by atoms with E-state index in [2.05, 4.69) is 5.32 Å². The Balaban J connectivity index is 2.27. The second kappa shape index (κ2) is 6.18. The molecule has 22 heavy (non-hydrogen) atoms. The zero-order valence-corrected chi connectivity index (χ0v) is 13.1. The second-order valence-electron chi connectivity index (χ2n) is 6.16. The van der Waals surface area contributed by atoms with E-state index in [1.807, 2.05) is 50.2 Å². The van der Waals surface area contributed by atoms with Gasteiger partial charge in [-0.15, -0.1) is 0 Å². The molecular formula is C18H21NO3. The molecule has 0 aliphatic rings. The van der Waals surface area contributed by atoms with Gasteiger partial charge in [0, 0.05) is 5.56 Å². The van der Waals surface area contributed by atoms with E-state index in [1.165, 1.54) is 0 Å². The summed E-state index contributed by atoms with van der Waals surface area (Å²) in [6.45, 7) is 5.58. The average Bonchev–Trinajstić information content (AvgIpc) is 2.45. The molecule has 4 nitrogen and oxygen atoms in total. The molecule has 0 saturated carbocycles. The summed E-state index contributed by atoms with van der Waals surface area (Å²) >= 11 is 0. The number of carboxylic acids is 1. The van der Waals surface area contributed by atoms with Gasteiger partial charge in [-0.05, 0) is 35.7 Å². The molecule has 0 aliphatic heterocycles. The maximum Gasteiger partial charge on any atom is 0.305 e. The Kier molecular flexibility index (Phi) is 4.50. The fraction of sp³-hybridized carbons (Fsp3) is 0.333. The molecule has 0 radical (unpaired) electrons. The van der Waals surface area contributed by atoms with Crippen LogP contribution < -0.4 is 5.32 Å². The number of amides is 1. The molecule has 1 atom stereocenters. The minimum atomic E-state index is -0.921. The van der Waals surface area contributed by atoms with Crippen molar-refractivity contribution in [3.05, 3.63) is 48.0 Å². The number of benzene rings is 2.